The molecule has 0 spiro atoms. The van der Waals surface area contributed by atoms with Gasteiger partial charge in [-0.25, -0.2) is 4.98 Å². The summed E-state index contributed by atoms with van der Waals surface area (Å²) < 4.78 is 1.65. The molecule has 0 fully saturated rings. The summed E-state index contributed by atoms with van der Waals surface area (Å²) in [6.45, 7) is 2.79. The van der Waals surface area contributed by atoms with Crippen LogP contribution in [0.2, 0.25) is 5.02 Å². The Morgan fingerprint density at radius 2 is 2.26 bits per heavy atom. The monoisotopic (exact) mass is 275 g/mol. The zero-order valence-electron chi connectivity index (χ0n) is 10.6. The highest BCUT2D eigenvalue weighted by molar-refractivity contribution is 6.37. The minimum Gasteiger partial charge on any atom is -0.349 e. The summed E-state index contributed by atoms with van der Waals surface area (Å²) in [5.74, 6) is 0. The van der Waals surface area contributed by atoms with Crippen LogP contribution in [0.3, 0.4) is 0 Å². The molecular weight excluding hydrogens is 262 g/mol. The Balaban J connectivity index is 2.30. The van der Waals surface area contributed by atoms with Gasteiger partial charge in [-0.2, -0.15) is 0 Å². The molecule has 3 rings (SSSR count). The fourth-order valence-corrected chi connectivity index (χ4v) is 2.55. The van der Waals surface area contributed by atoms with Gasteiger partial charge in [-0.3, -0.25) is 9.36 Å². The number of aromatic amines is 1. The molecular formula is C14H14ClN3O. The second-order valence-corrected chi connectivity index (χ2v) is 5.01. The number of hydrogen-bond acceptors (Lipinski definition) is 2. The first-order valence-electron chi connectivity index (χ1n) is 6.37. The number of aryl methyl sites for hydroxylation is 1. The van der Waals surface area contributed by atoms with Gasteiger partial charge in [0.1, 0.15) is 11.0 Å². The molecule has 19 heavy (non-hydrogen) atoms. The van der Waals surface area contributed by atoms with Gasteiger partial charge >= 0.3 is 0 Å². The number of H-pyrrole nitrogens is 1. The van der Waals surface area contributed by atoms with Crippen molar-refractivity contribution in [2.45, 2.75) is 26.3 Å². The van der Waals surface area contributed by atoms with Crippen LogP contribution in [0.1, 0.15) is 19.8 Å². The number of nitrogens with zero attached hydrogens (tertiary/aromatic N) is 2. The van der Waals surface area contributed by atoms with Gasteiger partial charge in [0.25, 0.3) is 5.56 Å². The maximum atomic E-state index is 12.4. The van der Waals surface area contributed by atoms with Gasteiger partial charge in [0.05, 0.1) is 11.3 Å². The Kier molecular flexibility index (Phi) is 3.03. The number of hydrogen-bond donors (Lipinski definition) is 1. The van der Waals surface area contributed by atoms with E-state index in [2.05, 4.69) is 16.9 Å². The average Bonchev–Trinajstić information content (AvgIpc) is 2.79. The Hall–Kier alpha value is -1.81. The second kappa shape index (κ2) is 4.70. The van der Waals surface area contributed by atoms with E-state index in [0.717, 1.165) is 23.7 Å². The molecule has 4 nitrogen and oxygen atoms in total. The van der Waals surface area contributed by atoms with Gasteiger partial charge in [-0.05, 0) is 18.6 Å². The smallest absolute Gasteiger partial charge is 0.277 e. The van der Waals surface area contributed by atoms with E-state index in [1.165, 1.54) is 0 Å². The number of unbranched alkanes of at least 4 members (excludes halogenated alkanes) is 1. The van der Waals surface area contributed by atoms with E-state index in [1.54, 1.807) is 10.9 Å². The molecule has 0 unspecified atom stereocenters. The van der Waals surface area contributed by atoms with Crippen LogP contribution >= 0.6 is 11.6 Å². The lowest BCUT2D eigenvalue weighted by atomic mass is 10.2. The summed E-state index contributed by atoms with van der Waals surface area (Å²) in [4.78, 5) is 19.9. The van der Waals surface area contributed by atoms with Gasteiger partial charge in [-0.1, -0.05) is 31.0 Å². The molecule has 0 saturated carbocycles. The second-order valence-electron chi connectivity index (χ2n) is 4.61. The number of benzene rings is 1. The van der Waals surface area contributed by atoms with E-state index >= 15 is 0 Å². The van der Waals surface area contributed by atoms with E-state index in [0.29, 0.717) is 22.6 Å². The van der Waals surface area contributed by atoms with Crippen molar-refractivity contribution in [3.63, 3.8) is 0 Å². The molecule has 0 saturated heterocycles. The van der Waals surface area contributed by atoms with E-state index in [4.69, 9.17) is 11.6 Å². The third-order valence-electron chi connectivity index (χ3n) is 3.30. The molecule has 0 bridgehead atoms. The van der Waals surface area contributed by atoms with Gasteiger partial charge in [-0.15, -0.1) is 0 Å². The van der Waals surface area contributed by atoms with Crippen LogP contribution in [0.4, 0.5) is 0 Å². The minimum atomic E-state index is -0.0364. The fraction of sp³-hybridized carbons (Fsp3) is 0.286. The number of halogens is 1. The zero-order valence-corrected chi connectivity index (χ0v) is 11.4. The van der Waals surface area contributed by atoms with Crippen LogP contribution in [-0.4, -0.2) is 14.5 Å². The molecule has 0 amide bonds. The Morgan fingerprint density at radius 1 is 1.42 bits per heavy atom. The van der Waals surface area contributed by atoms with Crippen molar-refractivity contribution in [1.29, 1.82) is 0 Å². The standard InChI is InChI=1S/C14H14ClN3O/c1-2-3-7-18-8-16-12-11-9(15)5-4-6-10(11)17-13(12)14(18)19/h4-6,8,17H,2-3,7H2,1H3. The number of fused-ring (bicyclic) bond motifs is 3. The van der Waals surface area contributed by atoms with Crippen molar-refractivity contribution in [2.75, 3.05) is 0 Å². The SMILES string of the molecule is CCCCn1cnc2c([nH]c3cccc(Cl)c32)c1=O. The van der Waals surface area contributed by atoms with Crippen molar-refractivity contribution in [3.05, 3.63) is 39.9 Å². The third-order valence-corrected chi connectivity index (χ3v) is 3.62. The minimum absolute atomic E-state index is 0.0364. The van der Waals surface area contributed by atoms with Crippen molar-refractivity contribution in [3.8, 4) is 0 Å². The molecule has 0 aliphatic rings. The third kappa shape index (κ3) is 1.92. The first-order chi connectivity index (χ1) is 9.22. The topological polar surface area (TPSA) is 50.7 Å². The summed E-state index contributed by atoms with van der Waals surface area (Å²) >= 11 is 6.18. The molecule has 5 heteroatoms. The summed E-state index contributed by atoms with van der Waals surface area (Å²) in [5.41, 5.74) is 1.99. The molecule has 2 aromatic heterocycles. The quantitative estimate of drug-likeness (QED) is 0.797. The van der Waals surface area contributed by atoms with Crippen LogP contribution in [0.25, 0.3) is 21.9 Å². The average molecular weight is 276 g/mol. The Labute approximate surface area is 115 Å². The molecule has 0 aliphatic carbocycles. The van der Waals surface area contributed by atoms with Gasteiger partial charge in [0.15, 0.2) is 0 Å². The molecule has 98 valence electrons. The predicted molar refractivity (Wildman–Crippen MR) is 77.8 cm³/mol. The highest BCUT2D eigenvalue weighted by Crippen LogP contribution is 2.28. The van der Waals surface area contributed by atoms with E-state index in [-0.39, 0.29) is 5.56 Å². The first-order valence-corrected chi connectivity index (χ1v) is 6.75. The maximum Gasteiger partial charge on any atom is 0.277 e. The van der Waals surface area contributed by atoms with E-state index in [9.17, 15) is 4.79 Å². The predicted octanol–water partition coefficient (Wildman–Crippen LogP) is 3.33. The zero-order chi connectivity index (χ0) is 13.4. The van der Waals surface area contributed by atoms with Crippen LogP contribution in [0, 0.1) is 0 Å². The molecule has 1 aromatic carbocycles. The van der Waals surface area contributed by atoms with Crippen LogP contribution in [-0.2, 0) is 6.54 Å². The maximum absolute atomic E-state index is 12.4. The van der Waals surface area contributed by atoms with Crippen LogP contribution in [0.5, 0.6) is 0 Å². The van der Waals surface area contributed by atoms with E-state index < -0.39 is 0 Å². The highest BCUT2D eigenvalue weighted by atomic mass is 35.5. The van der Waals surface area contributed by atoms with Crippen LogP contribution < -0.4 is 5.56 Å². The summed E-state index contributed by atoms with van der Waals surface area (Å²) in [7, 11) is 0. The lowest BCUT2D eigenvalue weighted by Crippen LogP contribution is -2.20. The Bertz CT molecular complexity index is 803. The van der Waals surface area contributed by atoms with Crippen LogP contribution in [0.15, 0.2) is 29.3 Å². The highest BCUT2D eigenvalue weighted by Gasteiger charge is 2.12. The largest absolute Gasteiger partial charge is 0.349 e. The van der Waals surface area contributed by atoms with E-state index in [1.807, 2.05) is 18.2 Å². The number of aromatic nitrogens is 3. The molecule has 0 aliphatic heterocycles. The van der Waals surface area contributed by atoms with Crippen molar-refractivity contribution < 1.29 is 0 Å². The summed E-state index contributed by atoms with van der Waals surface area (Å²) in [6, 6.07) is 5.57. The number of nitrogens with one attached hydrogen (secondary N) is 1. The number of rotatable bonds is 3. The van der Waals surface area contributed by atoms with Gasteiger partial charge in [0.2, 0.25) is 0 Å². The Morgan fingerprint density at radius 3 is 3.05 bits per heavy atom. The molecule has 0 radical (unpaired) electrons. The normalized spacial score (nSPS) is 11.5. The molecule has 0 atom stereocenters. The molecule has 1 N–H and O–H groups in total. The molecule has 3 aromatic rings. The van der Waals surface area contributed by atoms with Crippen molar-refractivity contribution in [2.24, 2.45) is 0 Å². The fourth-order valence-electron chi connectivity index (χ4n) is 2.28. The first kappa shape index (κ1) is 12.2. The van der Waals surface area contributed by atoms with Crippen molar-refractivity contribution >= 4 is 33.5 Å². The molecule has 2 heterocycles. The summed E-state index contributed by atoms with van der Waals surface area (Å²) in [6.07, 6.45) is 3.62. The lowest BCUT2D eigenvalue weighted by molar-refractivity contribution is 0.608. The van der Waals surface area contributed by atoms with Gasteiger partial charge in [0, 0.05) is 17.4 Å². The lowest BCUT2D eigenvalue weighted by Gasteiger charge is -2.03. The summed E-state index contributed by atoms with van der Waals surface area (Å²) in [5, 5.41) is 1.43. The van der Waals surface area contributed by atoms with Gasteiger partial charge < -0.3 is 4.98 Å². The van der Waals surface area contributed by atoms with Crippen molar-refractivity contribution in [1.82, 2.24) is 14.5 Å².